The molecule has 0 saturated carbocycles. The predicted molar refractivity (Wildman–Crippen MR) is 84.9 cm³/mol. The number of amidine groups is 1. The molecule has 25 heavy (non-hydrogen) atoms. The Hall–Kier alpha value is -2.34. The average molecular weight is 380 g/mol. The van der Waals surface area contributed by atoms with Crippen molar-refractivity contribution in [2.75, 3.05) is 26.5 Å². The van der Waals surface area contributed by atoms with Crippen molar-refractivity contribution in [3.8, 4) is 5.75 Å². The van der Waals surface area contributed by atoms with Crippen molar-refractivity contribution in [3.05, 3.63) is 23.3 Å². The molecular formula is C13H15F3N4O4S. The van der Waals surface area contributed by atoms with Gasteiger partial charge in [-0.1, -0.05) is 0 Å². The van der Waals surface area contributed by atoms with E-state index in [2.05, 4.69) is 14.1 Å². The van der Waals surface area contributed by atoms with Gasteiger partial charge in [0, 0.05) is 12.1 Å². The first-order valence-corrected chi connectivity index (χ1v) is 8.17. The molecule has 2 N–H and O–H groups in total. The van der Waals surface area contributed by atoms with E-state index in [0.29, 0.717) is 0 Å². The van der Waals surface area contributed by atoms with Crippen molar-refractivity contribution in [2.24, 2.45) is 8.80 Å². The Kier molecular flexibility index (Phi) is 4.95. The molecule has 12 heteroatoms. The van der Waals surface area contributed by atoms with E-state index in [1.54, 1.807) is 14.1 Å². The molecule has 0 bridgehead atoms. The lowest BCUT2D eigenvalue weighted by Gasteiger charge is -2.20. The number of benzene rings is 1. The molecule has 8 nitrogen and oxygen atoms in total. The van der Waals surface area contributed by atoms with E-state index in [-0.39, 0.29) is 29.5 Å². The van der Waals surface area contributed by atoms with Crippen molar-refractivity contribution in [3.63, 3.8) is 0 Å². The number of anilines is 1. The minimum Gasteiger partial charge on any atom is -0.505 e. The van der Waals surface area contributed by atoms with E-state index in [1.165, 1.54) is 4.90 Å². The lowest BCUT2D eigenvalue weighted by molar-refractivity contribution is -0.138. The van der Waals surface area contributed by atoms with Crippen LogP contribution in [0, 0.1) is 0 Å². The first-order chi connectivity index (χ1) is 11.4. The van der Waals surface area contributed by atoms with Gasteiger partial charge in [0.2, 0.25) is 5.84 Å². The Labute approximate surface area is 141 Å². The number of hydrogen-bond acceptors (Lipinski definition) is 6. The molecule has 0 fully saturated rings. The maximum atomic E-state index is 13.1. The number of halogens is 3. The summed E-state index contributed by atoms with van der Waals surface area (Å²) >= 11 is 0. The molecule has 2 rings (SSSR count). The highest BCUT2D eigenvalue weighted by Gasteiger charge is 2.35. The lowest BCUT2D eigenvalue weighted by Crippen LogP contribution is -2.23. The van der Waals surface area contributed by atoms with Gasteiger partial charge in [-0.05, 0) is 26.2 Å². The van der Waals surface area contributed by atoms with Gasteiger partial charge in [-0.2, -0.15) is 21.6 Å². The minimum atomic E-state index is -4.66. The minimum absolute atomic E-state index is 0.162. The number of hydrogen-bond donors (Lipinski definition) is 2. The van der Waals surface area contributed by atoms with Crippen LogP contribution in [0.5, 0.6) is 5.75 Å². The molecular weight excluding hydrogens is 365 g/mol. The van der Waals surface area contributed by atoms with E-state index in [9.17, 15) is 26.7 Å². The number of phenolic OH excluding ortho intramolecular Hbond substituents is 1. The van der Waals surface area contributed by atoms with Gasteiger partial charge in [-0.25, -0.2) is 0 Å². The number of ether oxygens (including phenoxy) is 1. The fourth-order valence-electron chi connectivity index (χ4n) is 2.14. The lowest BCUT2D eigenvalue weighted by atomic mass is 10.0. The van der Waals surface area contributed by atoms with Gasteiger partial charge in [0.05, 0.1) is 18.4 Å². The van der Waals surface area contributed by atoms with Crippen LogP contribution in [0.15, 0.2) is 20.9 Å². The van der Waals surface area contributed by atoms with Gasteiger partial charge in [0.25, 0.3) is 5.90 Å². The maximum Gasteiger partial charge on any atom is 0.416 e. The highest BCUT2D eigenvalue weighted by atomic mass is 32.2. The van der Waals surface area contributed by atoms with Crippen LogP contribution in [-0.2, 0) is 27.7 Å². The summed E-state index contributed by atoms with van der Waals surface area (Å²) in [5.41, 5.74) is -1.52. The first-order valence-electron chi connectivity index (χ1n) is 6.77. The third-order valence-electron chi connectivity index (χ3n) is 3.12. The summed E-state index contributed by atoms with van der Waals surface area (Å²) < 4.78 is 73.4. The number of phenols is 1. The van der Waals surface area contributed by atoms with Crippen LogP contribution in [0.3, 0.4) is 0 Å². The smallest absolute Gasteiger partial charge is 0.416 e. The molecule has 0 amide bonds. The van der Waals surface area contributed by atoms with Crippen molar-refractivity contribution < 1.29 is 31.4 Å². The van der Waals surface area contributed by atoms with Gasteiger partial charge in [0.15, 0.2) is 0 Å². The third kappa shape index (κ3) is 4.20. The summed E-state index contributed by atoms with van der Waals surface area (Å²) in [6.45, 7) is -0.188. The second kappa shape index (κ2) is 6.52. The molecule has 1 aliphatic rings. The van der Waals surface area contributed by atoms with Crippen LogP contribution in [0.25, 0.3) is 0 Å². The van der Waals surface area contributed by atoms with Crippen LogP contribution in [0.1, 0.15) is 11.1 Å². The van der Waals surface area contributed by atoms with Crippen LogP contribution in [-0.4, -0.2) is 51.4 Å². The zero-order chi connectivity index (χ0) is 19.0. The number of rotatable bonds is 3. The highest BCUT2D eigenvalue weighted by Crippen LogP contribution is 2.40. The number of alkyl halides is 3. The van der Waals surface area contributed by atoms with E-state index in [4.69, 9.17) is 4.74 Å². The largest absolute Gasteiger partial charge is 0.505 e. The Balaban J connectivity index is 2.49. The molecule has 0 saturated heterocycles. The highest BCUT2D eigenvalue weighted by molar-refractivity contribution is 7.89. The number of aromatic hydroxyl groups is 1. The van der Waals surface area contributed by atoms with Crippen molar-refractivity contribution >= 4 is 27.6 Å². The van der Waals surface area contributed by atoms with E-state index in [1.807, 2.05) is 0 Å². The van der Waals surface area contributed by atoms with E-state index in [0.717, 1.165) is 19.2 Å². The summed E-state index contributed by atoms with van der Waals surface area (Å²) in [6, 6.07) is 1.76. The second-order valence-electron chi connectivity index (χ2n) is 5.34. The summed E-state index contributed by atoms with van der Waals surface area (Å²) in [5.74, 6) is -1.38. The zero-order valence-electron chi connectivity index (χ0n) is 13.4. The van der Waals surface area contributed by atoms with Gasteiger partial charge in [0.1, 0.15) is 5.75 Å². The van der Waals surface area contributed by atoms with Crippen LogP contribution in [0.4, 0.5) is 18.9 Å². The first kappa shape index (κ1) is 19.0. The number of nitrogens with one attached hydrogen (secondary N) is 1. The van der Waals surface area contributed by atoms with Gasteiger partial charge >= 0.3 is 16.4 Å². The van der Waals surface area contributed by atoms with Crippen LogP contribution in [0.2, 0.25) is 0 Å². The Morgan fingerprint density at radius 1 is 1.28 bits per heavy atom. The SMILES string of the molecule is COC1=NS(=O)(=O)N=C1Nc1ccc(C(F)(F)F)c(CN(C)C)c1O. The molecule has 1 aromatic carbocycles. The average Bonchev–Trinajstić information content (AvgIpc) is 2.75. The molecule has 1 aromatic rings. The normalized spacial score (nSPS) is 16.6. The monoisotopic (exact) mass is 380 g/mol. The topological polar surface area (TPSA) is 104 Å². The molecule has 0 atom stereocenters. The molecule has 0 aromatic heterocycles. The van der Waals surface area contributed by atoms with Crippen molar-refractivity contribution in [1.82, 2.24) is 4.90 Å². The third-order valence-corrected chi connectivity index (χ3v) is 3.93. The fourth-order valence-corrected chi connectivity index (χ4v) is 2.91. The predicted octanol–water partition coefficient (Wildman–Crippen LogP) is 1.59. The van der Waals surface area contributed by atoms with E-state index < -0.39 is 27.7 Å². The fraction of sp³-hybridized carbons (Fsp3) is 0.385. The standard InChI is InChI=1S/C13H15F3N4O4S/c1-20(2)6-7-8(13(14,15)16)4-5-9(10(7)21)17-11-12(24-3)19-25(22,23)18-11/h4-5,21H,6H2,1-3H3,(H,17,18). The summed E-state index contributed by atoms with van der Waals surface area (Å²) in [4.78, 5) is 1.45. The Bertz CT molecular complexity index is 848. The summed E-state index contributed by atoms with van der Waals surface area (Å²) in [7, 11) is 0.111. The summed E-state index contributed by atoms with van der Waals surface area (Å²) in [6.07, 6.45) is -4.66. The summed E-state index contributed by atoms with van der Waals surface area (Å²) in [5, 5.41) is 12.7. The molecule has 0 unspecified atom stereocenters. The molecule has 1 aliphatic heterocycles. The van der Waals surface area contributed by atoms with Gasteiger partial charge in [-0.3, -0.25) is 0 Å². The second-order valence-corrected chi connectivity index (χ2v) is 6.60. The van der Waals surface area contributed by atoms with Crippen molar-refractivity contribution in [1.29, 1.82) is 0 Å². The number of methoxy groups -OCH3 is 1. The number of nitrogens with zero attached hydrogens (tertiary/aromatic N) is 3. The molecule has 1 heterocycles. The zero-order valence-corrected chi connectivity index (χ0v) is 14.2. The van der Waals surface area contributed by atoms with E-state index >= 15 is 0 Å². The molecule has 0 spiro atoms. The van der Waals surface area contributed by atoms with Crippen LogP contribution < -0.4 is 5.32 Å². The van der Waals surface area contributed by atoms with Gasteiger partial charge in [-0.15, -0.1) is 8.80 Å². The van der Waals surface area contributed by atoms with Crippen LogP contribution >= 0.6 is 0 Å². The van der Waals surface area contributed by atoms with Gasteiger partial charge < -0.3 is 20.1 Å². The quantitative estimate of drug-likeness (QED) is 0.772. The Morgan fingerprint density at radius 2 is 1.92 bits per heavy atom. The van der Waals surface area contributed by atoms with Crippen molar-refractivity contribution in [2.45, 2.75) is 12.7 Å². The molecule has 138 valence electrons. The maximum absolute atomic E-state index is 13.1. The Morgan fingerprint density at radius 3 is 2.44 bits per heavy atom. The molecule has 0 aliphatic carbocycles. The molecule has 0 radical (unpaired) electrons.